The number of aliphatic hydroxyl groups is 2. The van der Waals surface area contributed by atoms with Crippen LogP contribution in [0.25, 0.3) is 0 Å². The first-order valence-electron chi connectivity index (χ1n) is 19.3. The molecule has 0 radical (unpaired) electrons. The number of aliphatic hydroxyl groups excluding tert-OH is 2. The first-order chi connectivity index (χ1) is 27.1. The van der Waals surface area contributed by atoms with Crippen LogP contribution in [0.15, 0.2) is 97.1 Å². The van der Waals surface area contributed by atoms with Gasteiger partial charge in [0.25, 0.3) is 11.8 Å². The van der Waals surface area contributed by atoms with E-state index in [9.17, 15) is 19.8 Å². The Hall–Kier alpha value is -3.18. The van der Waals surface area contributed by atoms with Gasteiger partial charge in [-0.3, -0.25) is 9.59 Å². The molecule has 6 atom stereocenters. The van der Waals surface area contributed by atoms with Crippen LogP contribution in [-0.2, 0) is 19.1 Å². The monoisotopic (exact) mass is 838 g/mol. The maximum absolute atomic E-state index is 13.2. The summed E-state index contributed by atoms with van der Waals surface area (Å²) in [5.41, 5.74) is 3.80. The van der Waals surface area contributed by atoms with E-state index >= 15 is 0 Å². The fraction of sp³-hybridized carbons (Fsp3) is 0.409. The third-order valence-electron chi connectivity index (χ3n) is 10.8. The van der Waals surface area contributed by atoms with Crippen molar-refractivity contribution in [1.82, 2.24) is 9.80 Å². The molecule has 4 aliphatic rings. The molecule has 4 aromatic rings. The van der Waals surface area contributed by atoms with Crippen molar-refractivity contribution in [3.63, 3.8) is 0 Å². The van der Waals surface area contributed by atoms with Gasteiger partial charge in [0.1, 0.15) is 24.4 Å². The number of carbonyl (C=O) groups is 2. The Morgan fingerprint density at radius 1 is 0.518 bits per heavy atom. The topological polar surface area (TPSA) is 99.5 Å². The summed E-state index contributed by atoms with van der Waals surface area (Å²) in [6.45, 7) is 1.21. The van der Waals surface area contributed by atoms with Gasteiger partial charge in [-0.05, 0) is 108 Å². The Balaban J connectivity index is 0.000000172. The summed E-state index contributed by atoms with van der Waals surface area (Å²) in [5.74, 6) is 0.955. The highest BCUT2D eigenvalue weighted by Crippen LogP contribution is 2.47. The summed E-state index contributed by atoms with van der Waals surface area (Å²) in [6.07, 6.45) is 3.09. The highest BCUT2D eigenvalue weighted by atomic mass is 35.5. The molecule has 2 saturated carbocycles. The summed E-state index contributed by atoms with van der Waals surface area (Å²) < 4.78 is 12.5. The van der Waals surface area contributed by atoms with Crippen LogP contribution in [-0.4, -0.2) is 70.3 Å². The van der Waals surface area contributed by atoms with Crippen LogP contribution in [0.3, 0.4) is 0 Å². The first kappa shape index (κ1) is 41.0. The van der Waals surface area contributed by atoms with E-state index in [0.717, 1.165) is 47.9 Å². The Kier molecular flexibility index (Phi) is 13.6. The van der Waals surface area contributed by atoms with Gasteiger partial charge in [-0.25, -0.2) is 0 Å². The van der Waals surface area contributed by atoms with Crippen LogP contribution < -0.4 is 0 Å². The average Bonchev–Trinajstić information content (AvgIpc) is 4.14. The highest BCUT2D eigenvalue weighted by Gasteiger charge is 2.47. The number of carbonyl (C=O) groups excluding carboxylic acids is 2. The van der Waals surface area contributed by atoms with E-state index in [0.29, 0.717) is 45.0 Å². The number of benzene rings is 4. The lowest BCUT2D eigenvalue weighted by Gasteiger charge is -2.45. The van der Waals surface area contributed by atoms with Gasteiger partial charge in [0.15, 0.2) is 0 Å². The zero-order valence-corrected chi connectivity index (χ0v) is 33.9. The maximum Gasteiger partial charge on any atom is 0.252 e. The molecular formula is C44H46Cl4N2O6. The van der Waals surface area contributed by atoms with Crippen molar-refractivity contribution in [2.24, 2.45) is 11.8 Å². The smallest absolute Gasteiger partial charge is 0.252 e. The molecule has 2 aliphatic carbocycles. The fourth-order valence-electron chi connectivity index (χ4n) is 7.69. The minimum atomic E-state index is -0.656. The van der Waals surface area contributed by atoms with Gasteiger partial charge in [0.05, 0.1) is 12.1 Å². The molecule has 0 spiro atoms. The molecule has 56 heavy (non-hydrogen) atoms. The van der Waals surface area contributed by atoms with E-state index in [-0.39, 0.29) is 62.2 Å². The molecule has 4 fully saturated rings. The van der Waals surface area contributed by atoms with E-state index in [1.54, 1.807) is 0 Å². The third kappa shape index (κ3) is 9.91. The molecular weight excluding hydrogens is 794 g/mol. The minimum absolute atomic E-state index is 0.0563. The number of ether oxygens (including phenoxy) is 2. The molecule has 12 heteroatoms. The highest BCUT2D eigenvalue weighted by molar-refractivity contribution is 6.31. The van der Waals surface area contributed by atoms with Crippen molar-refractivity contribution in [3.05, 3.63) is 139 Å². The van der Waals surface area contributed by atoms with Crippen molar-refractivity contribution in [1.29, 1.82) is 0 Å². The van der Waals surface area contributed by atoms with Gasteiger partial charge < -0.3 is 29.5 Å². The SMILES string of the molecule is O=C1[C@@H](CCO)O[C@H](c2cccc(Cl)c2)[C@H](c2ccc(Cl)cc2)N1CC1CC1.O=C1[C@H](CCO)O[C@@H](c2cccc(Cl)c2)[C@@H](c2ccc(Cl)cc2)N1CC1CC1. The zero-order valence-electron chi connectivity index (χ0n) is 30.9. The van der Waals surface area contributed by atoms with Crippen molar-refractivity contribution >= 4 is 58.2 Å². The number of hydrogen-bond acceptors (Lipinski definition) is 6. The van der Waals surface area contributed by atoms with Gasteiger partial charge in [-0.15, -0.1) is 0 Å². The van der Waals surface area contributed by atoms with Crippen LogP contribution in [0.1, 0.15) is 85.1 Å². The summed E-state index contributed by atoms with van der Waals surface area (Å²) in [7, 11) is 0. The van der Waals surface area contributed by atoms with Gasteiger partial charge in [-0.2, -0.15) is 0 Å². The molecule has 0 unspecified atom stereocenters. The second-order valence-electron chi connectivity index (χ2n) is 15.1. The van der Waals surface area contributed by atoms with Crippen LogP contribution in [0.2, 0.25) is 20.1 Å². The lowest BCUT2D eigenvalue weighted by atomic mass is 9.91. The molecule has 2 N–H and O–H groups in total. The van der Waals surface area contributed by atoms with Crippen molar-refractivity contribution in [2.75, 3.05) is 26.3 Å². The molecule has 4 aromatic carbocycles. The Bertz CT molecular complexity index is 1820. The van der Waals surface area contributed by atoms with Gasteiger partial charge in [0, 0.05) is 59.2 Å². The Morgan fingerprint density at radius 3 is 1.21 bits per heavy atom. The number of nitrogens with zero attached hydrogens (tertiary/aromatic N) is 2. The Morgan fingerprint density at radius 2 is 0.893 bits per heavy atom. The number of morpholine rings is 2. The fourth-order valence-corrected chi connectivity index (χ4v) is 8.34. The van der Waals surface area contributed by atoms with Crippen molar-refractivity contribution in [2.45, 2.75) is 75.0 Å². The van der Waals surface area contributed by atoms with Gasteiger partial charge >= 0.3 is 0 Å². The molecule has 8 rings (SSSR count). The summed E-state index contributed by atoms with van der Waals surface area (Å²) >= 11 is 24.7. The average molecular weight is 841 g/mol. The van der Waals surface area contributed by atoms with E-state index in [1.165, 1.54) is 0 Å². The maximum atomic E-state index is 13.2. The molecule has 8 nitrogen and oxygen atoms in total. The Labute approximate surface area is 348 Å². The predicted molar refractivity (Wildman–Crippen MR) is 219 cm³/mol. The zero-order chi connectivity index (χ0) is 39.3. The number of halogens is 4. The second kappa shape index (κ2) is 18.6. The summed E-state index contributed by atoms with van der Waals surface area (Å²) in [4.78, 5) is 30.3. The standard InChI is InChI=1S/2C22H23Cl2NO3/c2*23-17-8-6-15(7-9-17)20-21(16-2-1-3-18(24)12-16)28-19(10-11-26)22(27)25(20)13-14-4-5-14/h2*1-3,6-9,12,14,19-21,26H,4-5,10-11,13H2/t2*19-,20+,21-/m10/s1. The molecule has 2 saturated heterocycles. The van der Waals surface area contributed by atoms with E-state index < -0.39 is 12.2 Å². The molecule has 0 aromatic heterocycles. The number of hydrogen-bond donors (Lipinski definition) is 2. The first-order valence-corrected chi connectivity index (χ1v) is 20.8. The van der Waals surface area contributed by atoms with Crippen molar-refractivity contribution < 1.29 is 29.3 Å². The third-order valence-corrected chi connectivity index (χ3v) is 11.8. The second-order valence-corrected chi connectivity index (χ2v) is 16.8. The lowest BCUT2D eigenvalue weighted by molar-refractivity contribution is -0.176. The summed E-state index contributed by atoms with van der Waals surface area (Å²) in [6, 6.07) is 29.8. The lowest BCUT2D eigenvalue weighted by Crippen LogP contribution is -2.51. The van der Waals surface area contributed by atoms with Crippen LogP contribution in [0.5, 0.6) is 0 Å². The number of amides is 2. The van der Waals surface area contributed by atoms with E-state index in [1.807, 2.05) is 107 Å². The largest absolute Gasteiger partial charge is 0.396 e. The number of rotatable bonds is 12. The van der Waals surface area contributed by atoms with E-state index in [2.05, 4.69) is 0 Å². The molecule has 2 aliphatic heterocycles. The summed E-state index contributed by atoms with van der Waals surface area (Å²) in [5, 5.41) is 21.4. The minimum Gasteiger partial charge on any atom is -0.396 e. The van der Waals surface area contributed by atoms with Crippen LogP contribution in [0, 0.1) is 11.8 Å². The van der Waals surface area contributed by atoms with Crippen LogP contribution in [0.4, 0.5) is 0 Å². The molecule has 2 amide bonds. The van der Waals surface area contributed by atoms with Crippen molar-refractivity contribution in [3.8, 4) is 0 Å². The van der Waals surface area contributed by atoms with Gasteiger partial charge in [-0.1, -0.05) is 94.9 Å². The predicted octanol–water partition coefficient (Wildman–Crippen LogP) is 9.59. The van der Waals surface area contributed by atoms with Crippen LogP contribution >= 0.6 is 46.4 Å². The molecule has 296 valence electrons. The normalized spacial score (nSPS) is 25.2. The molecule has 2 heterocycles. The quantitative estimate of drug-likeness (QED) is 0.148. The van der Waals surface area contributed by atoms with E-state index in [4.69, 9.17) is 55.9 Å². The molecule has 0 bridgehead atoms. The van der Waals surface area contributed by atoms with Gasteiger partial charge in [0.2, 0.25) is 0 Å².